The third kappa shape index (κ3) is 1.42. The summed E-state index contributed by atoms with van der Waals surface area (Å²) < 4.78 is 15.3. The van der Waals surface area contributed by atoms with Gasteiger partial charge < -0.3 is 4.57 Å². The Morgan fingerprint density at radius 3 is 2.93 bits per heavy atom. The van der Waals surface area contributed by atoms with Crippen LogP contribution in [-0.2, 0) is 12.8 Å². The van der Waals surface area contributed by atoms with Gasteiger partial charge in [0.05, 0.1) is 5.52 Å². The van der Waals surface area contributed by atoms with Crippen molar-refractivity contribution >= 4 is 22.7 Å². The molecule has 1 heterocycles. The van der Waals surface area contributed by atoms with Crippen LogP contribution < -0.4 is 0 Å². The molecule has 0 saturated carbocycles. The Bertz CT molecular complexity index is 462. The fourth-order valence-corrected chi connectivity index (χ4v) is 2.31. The average molecular weight is 209 g/mol. The number of para-hydroxylation sites is 1. The van der Waals surface area contributed by atoms with Crippen LogP contribution in [0.3, 0.4) is 0 Å². The van der Waals surface area contributed by atoms with Gasteiger partial charge in [-0.05, 0) is 17.9 Å². The van der Waals surface area contributed by atoms with E-state index in [1.807, 2.05) is 23.9 Å². The van der Waals surface area contributed by atoms with E-state index in [0.29, 0.717) is 5.52 Å². The maximum atomic E-state index is 13.5. The van der Waals surface area contributed by atoms with Gasteiger partial charge in [-0.25, -0.2) is 4.39 Å². The Labute approximate surface area is 86.9 Å². The van der Waals surface area contributed by atoms with Crippen molar-refractivity contribution < 1.29 is 4.39 Å². The lowest BCUT2D eigenvalue weighted by Gasteiger charge is -1.97. The molecule has 0 aliphatic heterocycles. The molecule has 0 aliphatic rings. The summed E-state index contributed by atoms with van der Waals surface area (Å²) >= 11 is 1.75. The lowest BCUT2D eigenvalue weighted by Crippen LogP contribution is -1.86. The number of nitrogens with zero attached hydrogens (tertiary/aromatic N) is 1. The second-order valence-electron chi connectivity index (χ2n) is 3.33. The molecule has 0 atom stereocenters. The zero-order chi connectivity index (χ0) is 10.1. The van der Waals surface area contributed by atoms with Gasteiger partial charge in [-0.15, -0.1) is 0 Å². The molecule has 0 spiro atoms. The summed E-state index contributed by atoms with van der Waals surface area (Å²) in [5, 5.41) is 1.03. The van der Waals surface area contributed by atoms with Crippen LogP contribution in [0.2, 0.25) is 0 Å². The highest BCUT2D eigenvalue weighted by Crippen LogP contribution is 2.25. The standard InChI is InChI=1S/C11H12FNS/c1-13-6-8(7-14-2)9-4-3-5-10(12)11(9)13/h3-6H,7H2,1-2H3. The molecular formula is C11H12FNS. The number of hydrogen-bond acceptors (Lipinski definition) is 1. The van der Waals surface area contributed by atoms with Crippen molar-refractivity contribution in [1.82, 2.24) is 4.57 Å². The van der Waals surface area contributed by atoms with Crippen LogP contribution in [-0.4, -0.2) is 10.8 Å². The summed E-state index contributed by atoms with van der Waals surface area (Å²) in [4.78, 5) is 0. The topological polar surface area (TPSA) is 4.93 Å². The number of fused-ring (bicyclic) bond motifs is 1. The largest absolute Gasteiger partial charge is 0.348 e. The number of rotatable bonds is 2. The first-order valence-electron chi connectivity index (χ1n) is 4.45. The highest BCUT2D eigenvalue weighted by Gasteiger charge is 2.08. The molecule has 1 nitrogen and oxygen atoms in total. The SMILES string of the molecule is CSCc1cn(C)c2c(F)cccc12. The maximum absolute atomic E-state index is 13.5. The van der Waals surface area contributed by atoms with Crippen molar-refractivity contribution in [2.45, 2.75) is 5.75 Å². The fourth-order valence-electron chi connectivity index (χ4n) is 1.77. The summed E-state index contributed by atoms with van der Waals surface area (Å²) in [6.45, 7) is 0. The maximum Gasteiger partial charge on any atom is 0.147 e. The minimum Gasteiger partial charge on any atom is -0.348 e. The van der Waals surface area contributed by atoms with Crippen LogP contribution in [0.4, 0.5) is 4.39 Å². The molecule has 74 valence electrons. The highest BCUT2D eigenvalue weighted by molar-refractivity contribution is 7.97. The molecule has 0 aliphatic carbocycles. The normalized spacial score (nSPS) is 11.1. The second kappa shape index (κ2) is 3.65. The number of benzene rings is 1. The zero-order valence-electron chi connectivity index (χ0n) is 8.25. The zero-order valence-corrected chi connectivity index (χ0v) is 9.07. The molecule has 1 aromatic heterocycles. The highest BCUT2D eigenvalue weighted by atomic mass is 32.2. The molecule has 3 heteroatoms. The lowest BCUT2D eigenvalue weighted by molar-refractivity contribution is 0.632. The van der Waals surface area contributed by atoms with Gasteiger partial charge in [0.15, 0.2) is 0 Å². The molecule has 0 radical (unpaired) electrons. The van der Waals surface area contributed by atoms with Crippen LogP contribution in [0.5, 0.6) is 0 Å². The molecule has 0 saturated heterocycles. The van der Waals surface area contributed by atoms with Crippen LogP contribution in [0.1, 0.15) is 5.56 Å². The number of aromatic nitrogens is 1. The molecule has 0 amide bonds. The number of aryl methyl sites for hydroxylation is 1. The van der Waals surface area contributed by atoms with Crippen molar-refractivity contribution in [2.75, 3.05) is 6.26 Å². The van der Waals surface area contributed by atoms with Crippen LogP contribution in [0.15, 0.2) is 24.4 Å². The fraction of sp³-hybridized carbons (Fsp3) is 0.273. The first-order valence-corrected chi connectivity index (χ1v) is 5.85. The third-order valence-corrected chi connectivity index (χ3v) is 2.93. The van der Waals surface area contributed by atoms with E-state index in [1.54, 1.807) is 17.8 Å². The summed E-state index contributed by atoms with van der Waals surface area (Å²) in [6.07, 6.45) is 4.06. The molecule has 0 fully saturated rings. The summed E-state index contributed by atoms with van der Waals surface area (Å²) in [5.41, 5.74) is 1.91. The first-order chi connectivity index (χ1) is 6.74. The second-order valence-corrected chi connectivity index (χ2v) is 4.20. The van der Waals surface area contributed by atoms with E-state index < -0.39 is 0 Å². The molecule has 2 aromatic rings. The van der Waals surface area contributed by atoms with Gasteiger partial charge in [0.1, 0.15) is 5.82 Å². The van der Waals surface area contributed by atoms with Gasteiger partial charge in [0.2, 0.25) is 0 Å². The molecule has 0 unspecified atom stereocenters. The third-order valence-electron chi connectivity index (χ3n) is 2.33. The summed E-state index contributed by atoms with van der Waals surface area (Å²) in [7, 11) is 1.88. The quantitative estimate of drug-likeness (QED) is 0.735. The van der Waals surface area contributed by atoms with Crippen molar-refractivity contribution in [3.63, 3.8) is 0 Å². The minimum absolute atomic E-state index is 0.141. The Balaban J connectivity index is 2.71. The van der Waals surface area contributed by atoms with Gasteiger partial charge in [-0.2, -0.15) is 11.8 Å². The summed E-state index contributed by atoms with van der Waals surface area (Å²) in [5.74, 6) is 0.790. The van der Waals surface area contributed by atoms with Gasteiger partial charge in [0.25, 0.3) is 0 Å². The van der Waals surface area contributed by atoms with E-state index >= 15 is 0 Å². The first kappa shape index (κ1) is 9.59. The predicted molar refractivity (Wildman–Crippen MR) is 60.1 cm³/mol. The Hall–Kier alpha value is -0.960. The molecular weight excluding hydrogens is 197 g/mol. The predicted octanol–water partition coefficient (Wildman–Crippen LogP) is 3.18. The smallest absolute Gasteiger partial charge is 0.147 e. The Morgan fingerprint density at radius 2 is 2.21 bits per heavy atom. The van der Waals surface area contributed by atoms with Gasteiger partial charge in [-0.3, -0.25) is 0 Å². The van der Waals surface area contributed by atoms with Gasteiger partial charge in [-0.1, -0.05) is 12.1 Å². The van der Waals surface area contributed by atoms with Crippen LogP contribution in [0, 0.1) is 5.82 Å². The minimum atomic E-state index is -0.141. The van der Waals surface area contributed by atoms with E-state index in [2.05, 4.69) is 6.26 Å². The van der Waals surface area contributed by atoms with Crippen molar-refractivity contribution in [1.29, 1.82) is 0 Å². The number of thioether (sulfide) groups is 1. The van der Waals surface area contributed by atoms with Crippen molar-refractivity contribution in [3.8, 4) is 0 Å². The van der Waals surface area contributed by atoms with Gasteiger partial charge in [0, 0.05) is 24.4 Å². The molecule has 14 heavy (non-hydrogen) atoms. The molecule has 0 N–H and O–H groups in total. The van der Waals surface area contributed by atoms with E-state index in [4.69, 9.17) is 0 Å². The van der Waals surface area contributed by atoms with Gasteiger partial charge >= 0.3 is 0 Å². The van der Waals surface area contributed by atoms with Crippen molar-refractivity contribution in [3.05, 3.63) is 35.8 Å². The Kier molecular flexibility index (Phi) is 2.50. The molecule has 2 rings (SSSR count). The van der Waals surface area contributed by atoms with E-state index in [9.17, 15) is 4.39 Å². The van der Waals surface area contributed by atoms with E-state index in [1.165, 1.54) is 11.6 Å². The monoisotopic (exact) mass is 209 g/mol. The van der Waals surface area contributed by atoms with Crippen LogP contribution in [0.25, 0.3) is 10.9 Å². The van der Waals surface area contributed by atoms with Crippen molar-refractivity contribution in [2.24, 2.45) is 7.05 Å². The molecule has 0 bridgehead atoms. The molecule has 1 aromatic carbocycles. The van der Waals surface area contributed by atoms with Crippen LogP contribution >= 0.6 is 11.8 Å². The lowest BCUT2D eigenvalue weighted by atomic mass is 10.2. The number of halogens is 1. The van der Waals surface area contributed by atoms with E-state index in [0.717, 1.165) is 11.1 Å². The van der Waals surface area contributed by atoms with E-state index in [-0.39, 0.29) is 5.82 Å². The summed E-state index contributed by atoms with van der Waals surface area (Å²) in [6, 6.07) is 5.25. The Morgan fingerprint density at radius 1 is 1.43 bits per heavy atom. The average Bonchev–Trinajstić information content (AvgIpc) is 2.46. The number of hydrogen-bond donors (Lipinski definition) is 0.